The van der Waals surface area contributed by atoms with E-state index in [9.17, 15) is 10.1 Å². The van der Waals surface area contributed by atoms with Crippen LogP contribution in [0, 0.1) is 11.3 Å². The summed E-state index contributed by atoms with van der Waals surface area (Å²) in [5.74, 6) is 0.803. The second-order valence-electron chi connectivity index (χ2n) is 6.69. The molecule has 27 heavy (non-hydrogen) atoms. The molecule has 140 valence electrons. The normalized spacial score (nSPS) is 16.1. The van der Waals surface area contributed by atoms with Crippen molar-refractivity contribution in [1.29, 1.82) is 5.26 Å². The van der Waals surface area contributed by atoms with E-state index >= 15 is 0 Å². The number of hydrogen-bond donors (Lipinski definition) is 1. The van der Waals surface area contributed by atoms with Crippen molar-refractivity contribution in [1.82, 2.24) is 20.1 Å². The van der Waals surface area contributed by atoms with Crippen molar-refractivity contribution in [2.75, 3.05) is 12.8 Å². The SMILES string of the molecule is CN(C(=O)CSc1n[nH]c(/C=C/c2ccccc2)n1)C1(C#N)CCCCC1. The second kappa shape index (κ2) is 8.87. The van der Waals surface area contributed by atoms with Crippen molar-refractivity contribution >= 4 is 29.8 Å². The van der Waals surface area contributed by atoms with Crippen molar-refractivity contribution in [2.45, 2.75) is 42.8 Å². The molecule has 1 aromatic heterocycles. The first-order chi connectivity index (χ1) is 13.1. The zero-order chi connectivity index (χ0) is 19.1. The molecule has 0 aliphatic heterocycles. The first-order valence-electron chi connectivity index (χ1n) is 9.09. The third-order valence-electron chi connectivity index (χ3n) is 4.95. The Labute approximate surface area is 163 Å². The summed E-state index contributed by atoms with van der Waals surface area (Å²) in [5, 5.41) is 17.2. The van der Waals surface area contributed by atoms with Crippen LogP contribution in [-0.4, -0.2) is 44.3 Å². The Morgan fingerprint density at radius 1 is 1.30 bits per heavy atom. The number of aromatic amines is 1. The van der Waals surface area contributed by atoms with Gasteiger partial charge in [0.15, 0.2) is 0 Å². The highest BCUT2D eigenvalue weighted by molar-refractivity contribution is 7.99. The molecule has 0 atom stereocenters. The summed E-state index contributed by atoms with van der Waals surface area (Å²) < 4.78 is 0. The van der Waals surface area contributed by atoms with Crippen LogP contribution in [0.4, 0.5) is 0 Å². The summed E-state index contributed by atoms with van der Waals surface area (Å²) in [6, 6.07) is 12.3. The minimum absolute atomic E-state index is 0.0605. The van der Waals surface area contributed by atoms with Gasteiger partial charge in [0, 0.05) is 7.05 Å². The highest BCUT2D eigenvalue weighted by Crippen LogP contribution is 2.33. The van der Waals surface area contributed by atoms with Gasteiger partial charge >= 0.3 is 0 Å². The molecule has 7 heteroatoms. The molecule has 0 radical (unpaired) electrons. The van der Waals surface area contributed by atoms with E-state index < -0.39 is 5.54 Å². The van der Waals surface area contributed by atoms with Crippen LogP contribution in [-0.2, 0) is 4.79 Å². The Bertz CT molecular complexity index is 834. The van der Waals surface area contributed by atoms with Gasteiger partial charge in [-0.15, -0.1) is 5.10 Å². The van der Waals surface area contributed by atoms with Crippen LogP contribution in [0.1, 0.15) is 43.5 Å². The van der Waals surface area contributed by atoms with Gasteiger partial charge in [-0.1, -0.05) is 67.4 Å². The van der Waals surface area contributed by atoms with Crippen LogP contribution < -0.4 is 0 Å². The Hall–Kier alpha value is -2.59. The van der Waals surface area contributed by atoms with Gasteiger partial charge in [-0.05, 0) is 24.5 Å². The van der Waals surface area contributed by atoms with Gasteiger partial charge in [0.25, 0.3) is 0 Å². The summed E-state index contributed by atoms with van der Waals surface area (Å²) in [6.07, 6.45) is 8.45. The number of nitrogens with zero attached hydrogens (tertiary/aromatic N) is 4. The number of H-pyrrole nitrogens is 1. The number of carbonyl (C=O) groups excluding carboxylic acids is 1. The standard InChI is InChI=1S/C20H23N5OS/c1-25(20(15-21)12-6-3-7-13-20)18(26)14-27-19-22-17(23-24-19)11-10-16-8-4-2-5-9-16/h2,4-5,8-11H,3,6-7,12-14H2,1H3,(H,22,23,24)/b11-10+. The molecule has 0 saturated heterocycles. The fourth-order valence-electron chi connectivity index (χ4n) is 3.26. The molecule has 1 aliphatic carbocycles. The molecule has 1 aliphatic rings. The quantitative estimate of drug-likeness (QED) is 0.770. The van der Waals surface area contributed by atoms with Crippen LogP contribution in [0.5, 0.6) is 0 Å². The molecule has 1 N–H and O–H groups in total. The van der Waals surface area contributed by atoms with Gasteiger partial charge in [0.2, 0.25) is 11.1 Å². The molecule has 0 unspecified atom stereocenters. The molecular weight excluding hydrogens is 358 g/mol. The van der Waals surface area contributed by atoms with E-state index in [-0.39, 0.29) is 11.7 Å². The largest absolute Gasteiger partial charge is 0.326 e. The summed E-state index contributed by atoms with van der Waals surface area (Å²) in [5.41, 5.74) is 0.424. The summed E-state index contributed by atoms with van der Waals surface area (Å²) in [7, 11) is 1.74. The van der Waals surface area contributed by atoms with E-state index in [4.69, 9.17) is 0 Å². The van der Waals surface area contributed by atoms with Gasteiger partial charge < -0.3 is 4.90 Å². The average Bonchev–Trinajstić information content (AvgIpc) is 3.19. The molecule has 6 nitrogen and oxygen atoms in total. The number of carbonyl (C=O) groups is 1. The van der Waals surface area contributed by atoms with Crippen LogP contribution in [0.2, 0.25) is 0 Å². The van der Waals surface area contributed by atoms with Crippen LogP contribution in [0.25, 0.3) is 12.2 Å². The zero-order valence-corrected chi connectivity index (χ0v) is 16.2. The maximum atomic E-state index is 12.6. The van der Waals surface area contributed by atoms with Crippen molar-refractivity contribution in [3.63, 3.8) is 0 Å². The van der Waals surface area contributed by atoms with Crippen molar-refractivity contribution in [3.05, 3.63) is 41.7 Å². The zero-order valence-electron chi connectivity index (χ0n) is 15.4. The van der Waals surface area contributed by atoms with E-state index in [1.807, 2.05) is 42.5 Å². The first kappa shape index (κ1) is 19.2. The Morgan fingerprint density at radius 3 is 2.74 bits per heavy atom. The van der Waals surface area contributed by atoms with Crippen molar-refractivity contribution < 1.29 is 4.79 Å². The van der Waals surface area contributed by atoms with Crippen molar-refractivity contribution in [3.8, 4) is 6.07 Å². The maximum Gasteiger partial charge on any atom is 0.234 e. The number of nitrogens with one attached hydrogen (secondary N) is 1. The van der Waals surface area contributed by atoms with Crippen LogP contribution in [0.15, 0.2) is 35.5 Å². The highest BCUT2D eigenvalue weighted by Gasteiger charge is 2.38. The lowest BCUT2D eigenvalue weighted by Gasteiger charge is -2.38. The molecule has 0 bridgehead atoms. The number of thioether (sulfide) groups is 1. The fraction of sp³-hybridized carbons (Fsp3) is 0.400. The van der Waals surface area contributed by atoms with E-state index in [0.29, 0.717) is 11.0 Å². The first-order valence-corrected chi connectivity index (χ1v) is 10.1. The Morgan fingerprint density at radius 2 is 2.04 bits per heavy atom. The lowest BCUT2D eigenvalue weighted by molar-refractivity contribution is -0.131. The third kappa shape index (κ3) is 4.77. The molecule has 1 saturated carbocycles. The molecule has 1 amide bonds. The lowest BCUT2D eigenvalue weighted by Crippen LogP contribution is -2.50. The average molecular weight is 382 g/mol. The van der Waals surface area contributed by atoms with Gasteiger partial charge in [-0.3, -0.25) is 9.89 Å². The summed E-state index contributed by atoms with van der Waals surface area (Å²) >= 11 is 1.28. The van der Waals surface area contributed by atoms with E-state index in [1.54, 1.807) is 11.9 Å². The number of rotatable bonds is 6. The number of aromatic nitrogens is 3. The van der Waals surface area contributed by atoms with Gasteiger partial charge in [-0.25, -0.2) is 4.98 Å². The van der Waals surface area contributed by atoms with E-state index in [1.165, 1.54) is 11.8 Å². The van der Waals surface area contributed by atoms with Crippen molar-refractivity contribution in [2.24, 2.45) is 0 Å². The van der Waals surface area contributed by atoms with Crippen LogP contribution >= 0.6 is 11.8 Å². The topological polar surface area (TPSA) is 85.7 Å². The Kier molecular flexibility index (Phi) is 6.30. The minimum Gasteiger partial charge on any atom is -0.326 e. The molecule has 0 spiro atoms. The minimum atomic E-state index is -0.654. The van der Waals surface area contributed by atoms with Gasteiger partial charge in [0.05, 0.1) is 11.8 Å². The molecular formula is C20H23N5OS. The summed E-state index contributed by atoms with van der Waals surface area (Å²) in [6.45, 7) is 0. The smallest absolute Gasteiger partial charge is 0.234 e. The lowest BCUT2D eigenvalue weighted by atomic mass is 9.81. The highest BCUT2D eigenvalue weighted by atomic mass is 32.2. The monoisotopic (exact) mass is 381 g/mol. The third-order valence-corrected chi connectivity index (χ3v) is 5.78. The number of amides is 1. The predicted molar refractivity (Wildman–Crippen MR) is 107 cm³/mol. The van der Waals surface area contributed by atoms with Crippen LogP contribution in [0.3, 0.4) is 0 Å². The fourth-order valence-corrected chi connectivity index (χ4v) is 3.98. The second-order valence-corrected chi connectivity index (χ2v) is 7.64. The Balaban J connectivity index is 1.55. The molecule has 3 rings (SSSR count). The summed E-state index contributed by atoms with van der Waals surface area (Å²) in [4.78, 5) is 18.6. The van der Waals surface area contributed by atoms with Gasteiger partial charge in [-0.2, -0.15) is 5.26 Å². The van der Waals surface area contributed by atoms with E-state index in [0.717, 1.165) is 37.7 Å². The maximum absolute atomic E-state index is 12.6. The number of nitriles is 1. The molecule has 1 heterocycles. The molecule has 2 aromatic rings. The predicted octanol–water partition coefficient (Wildman–Crippen LogP) is 3.75. The molecule has 1 fully saturated rings. The van der Waals surface area contributed by atoms with E-state index in [2.05, 4.69) is 21.3 Å². The number of hydrogen-bond acceptors (Lipinski definition) is 5. The number of benzene rings is 1. The molecule has 1 aromatic carbocycles. The van der Waals surface area contributed by atoms with Gasteiger partial charge in [0.1, 0.15) is 11.4 Å².